The van der Waals surface area contributed by atoms with E-state index in [1.165, 1.54) is 5.56 Å². The number of rotatable bonds is 4. The first kappa shape index (κ1) is 11.5. The molecule has 0 spiro atoms. The summed E-state index contributed by atoms with van der Waals surface area (Å²) in [5.41, 5.74) is 2.39. The smallest absolute Gasteiger partial charge is 0.197 e. The number of H-pyrrole nitrogens is 1. The highest BCUT2D eigenvalue weighted by Crippen LogP contribution is 2.33. The Morgan fingerprint density at radius 2 is 2.33 bits per heavy atom. The number of nitrogens with zero attached hydrogens (tertiary/aromatic N) is 3. The Labute approximate surface area is 110 Å². The van der Waals surface area contributed by atoms with Gasteiger partial charge in [0, 0.05) is 36.0 Å². The molecular formula is C12H15N5S. The summed E-state index contributed by atoms with van der Waals surface area (Å²) in [5.74, 6) is 4.35. The second-order valence-electron chi connectivity index (χ2n) is 4.18. The van der Waals surface area contributed by atoms with Crippen LogP contribution in [0.25, 0.3) is 11.6 Å². The Morgan fingerprint density at radius 1 is 1.39 bits per heavy atom. The van der Waals surface area contributed by atoms with Gasteiger partial charge >= 0.3 is 0 Å². The Bertz CT molecular complexity index is 538. The molecule has 0 atom stereocenters. The normalized spacial score (nSPS) is 13.6. The van der Waals surface area contributed by atoms with Crippen LogP contribution in [0.4, 0.5) is 5.82 Å². The minimum Gasteiger partial charge on any atom is -0.370 e. The first-order valence-electron chi connectivity index (χ1n) is 6.09. The van der Waals surface area contributed by atoms with Gasteiger partial charge in [-0.15, -0.1) is 0 Å². The summed E-state index contributed by atoms with van der Waals surface area (Å²) in [4.78, 5) is 16.5. The summed E-state index contributed by atoms with van der Waals surface area (Å²) >= 11 is 1.88. The van der Waals surface area contributed by atoms with Gasteiger partial charge in [0.25, 0.3) is 0 Å². The number of fused-ring (bicyclic) bond motifs is 1. The van der Waals surface area contributed by atoms with E-state index in [4.69, 9.17) is 0 Å². The van der Waals surface area contributed by atoms with Crippen molar-refractivity contribution >= 4 is 17.6 Å². The first-order valence-corrected chi connectivity index (χ1v) is 7.25. The quantitative estimate of drug-likeness (QED) is 0.885. The topological polar surface area (TPSA) is 66.5 Å². The number of nitrogens with one attached hydrogen (secondary N) is 2. The zero-order valence-corrected chi connectivity index (χ0v) is 11.0. The van der Waals surface area contributed by atoms with E-state index in [2.05, 4.69) is 32.2 Å². The lowest BCUT2D eigenvalue weighted by Gasteiger charge is -2.10. The van der Waals surface area contributed by atoms with E-state index in [-0.39, 0.29) is 0 Å². The first-order chi connectivity index (χ1) is 8.88. The number of hydrogen-bond donors (Lipinski definition) is 2. The molecule has 2 aromatic heterocycles. The molecule has 2 N–H and O–H groups in total. The summed E-state index contributed by atoms with van der Waals surface area (Å²) in [7, 11) is 0. The number of thioether (sulfide) groups is 1. The molecule has 3 rings (SSSR count). The number of hydrogen-bond acceptors (Lipinski definition) is 5. The van der Waals surface area contributed by atoms with Crippen LogP contribution in [0.3, 0.4) is 0 Å². The van der Waals surface area contributed by atoms with Crippen LogP contribution in [0.15, 0.2) is 12.4 Å². The average molecular weight is 261 g/mol. The van der Waals surface area contributed by atoms with Crippen LogP contribution in [-0.2, 0) is 11.5 Å². The highest BCUT2D eigenvalue weighted by molar-refractivity contribution is 7.98. The number of aromatic amines is 1. The third-order valence-electron chi connectivity index (χ3n) is 2.83. The fourth-order valence-electron chi connectivity index (χ4n) is 1.93. The van der Waals surface area contributed by atoms with Crippen molar-refractivity contribution in [1.29, 1.82) is 0 Å². The number of aromatic nitrogens is 4. The average Bonchev–Trinajstić information content (AvgIpc) is 3.05. The second kappa shape index (κ2) is 4.97. The molecule has 0 saturated heterocycles. The molecule has 1 aliphatic rings. The van der Waals surface area contributed by atoms with Crippen molar-refractivity contribution in [3.63, 3.8) is 0 Å². The van der Waals surface area contributed by atoms with Crippen LogP contribution in [0.1, 0.15) is 24.6 Å². The Morgan fingerprint density at radius 3 is 3.11 bits per heavy atom. The number of imidazole rings is 1. The zero-order chi connectivity index (χ0) is 12.4. The Kier molecular flexibility index (Phi) is 3.19. The molecule has 3 heterocycles. The van der Waals surface area contributed by atoms with Gasteiger partial charge in [0.2, 0.25) is 0 Å². The molecule has 0 amide bonds. The molecule has 0 fully saturated rings. The Balaban J connectivity index is 2.02. The number of anilines is 1. The minimum absolute atomic E-state index is 0.680. The molecule has 2 aromatic rings. The maximum absolute atomic E-state index is 4.60. The third-order valence-corrected chi connectivity index (χ3v) is 3.80. The minimum atomic E-state index is 0.680. The molecule has 0 unspecified atom stereocenters. The standard InChI is InChI=1S/C12H15N5S/c1-2-3-13-10-8-6-18-7-9(8)16-12(17-10)11-14-4-5-15-11/h4-5H,2-3,6-7H2,1H3,(H,14,15)(H,13,16,17). The van der Waals surface area contributed by atoms with E-state index in [9.17, 15) is 0 Å². The molecule has 6 heteroatoms. The van der Waals surface area contributed by atoms with Gasteiger partial charge in [0.1, 0.15) is 5.82 Å². The van der Waals surface area contributed by atoms with Crippen LogP contribution in [-0.4, -0.2) is 26.5 Å². The van der Waals surface area contributed by atoms with Crippen molar-refractivity contribution in [2.45, 2.75) is 24.9 Å². The van der Waals surface area contributed by atoms with Gasteiger partial charge in [-0.25, -0.2) is 15.0 Å². The SMILES string of the molecule is CCCNc1nc(-c2ncc[nH]2)nc2c1CSC2. The summed E-state index contributed by atoms with van der Waals surface area (Å²) in [6, 6.07) is 0. The van der Waals surface area contributed by atoms with E-state index in [0.717, 1.165) is 41.8 Å². The van der Waals surface area contributed by atoms with E-state index in [1.807, 2.05) is 11.8 Å². The predicted octanol–water partition coefficient (Wildman–Crippen LogP) is 2.44. The van der Waals surface area contributed by atoms with Crippen LogP contribution in [0.2, 0.25) is 0 Å². The summed E-state index contributed by atoms with van der Waals surface area (Å²) < 4.78 is 0. The van der Waals surface area contributed by atoms with Gasteiger partial charge in [0.05, 0.1) is 5.69 Å². The lowest BCUT2D eigenvalue weighted by molar-refractivity contribution is 0.952. The fourth-order valence-corrected chi connectivity index (χ4v) is 2.98. The largest absolute Gasteiger partial charge is 0.370 e. The lowest BCUT2D eigenvalue weighted by atomic mass is 10.2. The molecule has 0 saturated carbocycles. The molecule has 0 bridgehead atoms. The predicted molar refractivity (Wildman–Crippen MR) is 73.4 cm³/mol. The van der Waals surface area contributed by atoms with Crippen LogP contribution in [0.5, 0.6) is 0 Å². The molecule has 18 heavy (non-hydrogen) atoms. The zero-order valence-electron chi connectivity index (χ0n) is 10.2. The van der Waals surface area contributed by atoms with E-state index in [0.29, 0.717) is 5.82 Å². The van der Waals surface area contributed by atoms with Crippen LogP contribution in [0, 0.1) is 0 Å². The monoisotopic (exact) mass is 261 g/mol. The van der Waals surface area contributed by atoms with E-state index < -0.39 is 0 Å². The van der Waals surface area contributed by atoms with Gasteiger partial charge in [-0.1, -0.05) is 6.92 Å². The van der Waals surface area contributed by atoms with Crippen molar-refractivity contribution in [2.75, 3.05) is 11.9 Å². The highest BCUT2D eigenvalue weighted by atomic mass is 32.2. The van der Waals surface area contributed by atoms with Crippen LogP contribution >= 0.6 is 11.8 Å². The maximum atomic E-state index is 4.60. The highest BCUT2D eigenvalue weighted by Gasteiger charge is 2.20. The van der Waals surface area contributed by atoms with E-state index in [1.54, 1.807) is 12.4 Å². The van der Waals surface area contributed by atoms with Gasteiger partial charge < -0.3 is 10.3 Å². The molecule has 1 aliphatic heterocycles. The third kappa shape index (κ3) is 2.08. The summed E-state index contributed by atoms with van der Waals surface area (Å²) in [6.45, 7) is 3.09. The molecule has 5 nitrogen and oxygen atoms in total. The Hall–Kier alpha value is -1.56. The van der Waals surface area contributed by atoms with Crippen molar-refractivity contribution in [3.05, 3.63) is 23.7 Å². The molecule has 94 valence electrons. The lowest BCUT2D eigenvalue weighted by Crippen LogP contribution is -2.08. The second-order valence-corrected chi connectivity index (χ2v) is 5.16. The van der Waals surface area contributed by atoms with Gasteiger partial charge in [0.15, 0.2) is 11.6 Å². The van der Waals surface area contributed by atoms with Crippen molar-refractivity contribution < 1.29 is 0 Å². The summed E-state index contributed by atoms with van der Waals surface area (Å²) in [6.07, 6.45) is 4.60. The molecular weight excluding hydrogens is 246 g/mol. The fraction of sp³-hybridized carbons (Fsp3) is 0.417. The van der Waals surface area contributed by atoms with Crippen LogP contribution < -0.4 is 5.32 Å². The molecule has 0 aliphatic carbocycles. The van der Waals surface area contributed by atoms with Crippen molar-refractivity contribution in [1.82, 2.24) is 19.9 Å². The molecule has 0 aromatic carbocycles. The summed E-state index contributed by atoms with van der Waals surface area (Å²) in [5, 5.41) is 3.39. The van der Waals surface area contributed by atoms with Gasteiger partial charge in [-0.2, -0.15) is 11.8 Å². The van der Waals surface area contributed by atoms with Crippen molar-refractivity contribution in [2.24, 2.45) is 0 Å². The van der Waals surface area contributed by atoms with Gasteiger partial charge in [-0.05, 0) is 6.42 Å². The van der Waals surface area contributed by atoms with Crippen molar-refractivity contribution in [3.8, 4) is 11.6 Å². The maximum Gasteiger partial charge on any atom is 0.197 e. The molecule has 0 radical (unpaired) electrons. The van der Waals surface area contributed by atoms with Gasteiger partial charge in [-0.3, -0.25) is 0 Å². The van der Waals surface area contributed by atoms with E-state index >= 15 is 0 Å².